The third-order valence-electron chi connectivity index (χ3n) is 14.2. The molecule has 0 spiro atoms. The number of benzene rings is 2. The van der Waals surface area contributed by atoms with E-state index < -0.39 is 0 Å². The standard InChI is InChI=1S/C28H41BrO6.C28H41N3O6/c1-28(22-9-11-23(12-10-22)34-20-30-2)19-33-27-18-24(35-21-31-3)13-14-25(27)26(28)8-4-6-16-32-17-7-5-15-29;1-28(22-9-11-23(12-10-22)36-20-32-2)19-35-27-18-24(37-21-33-3)13-14-25(27)26(28)8-4-6-16-34-17-7-5-15-30-31-29/h9,11-14,18,22,26H,4-8,10,15-17,19-21H2,1-3H3;9,11-14,18,22,26H,4-8,10,15-17,19-21H2,1-3H3/t2*22?,26-,28-/m11/s1. The van der Waals surface area contributed by atoms with E-state index in [2.05, 4.69) is 88.4 Å². The molecule has 6 rings (SSSR count). The zero-order valence-electron chi connectivity index (χ0n) is 43.8. The van der Waals surface area contributed by atoms with Crippen molar-refractivity contribution in [1.29, 1.82) is 0 Å². The van der Waals surface area contributed by atoms with Crippen LogP contribution >= 0.6 is 15.9 Å². The molecule has 0 fully saturated rings. The molecule has 2 aromatic carbocycles. The molecule has 2 unspecified atom stereocenters. The highest BCUT2D eigenvalue weighted by Gasteiger charge is 2.47. The van der Waals surface area contributed by atoms with E-state index in [1.165, 1.54) is 11.1 Å². The summed E-state index contributed by atoms with van der Waals surface area (Å²) < 4.78 is 67.1. The minimum absolute atomic E-state index is 0.0293. The van der Waals surface area contributed by atoms with Crippen molar-refractivity contribution in [2.45, 2.75) is 103 Å². The molecule has 2 heterocycles. The normalized spacial score (nSPS) is 22.9. The van der Waals surface area contributed by atoms with E-state index in [0.29, 0.717) is 50.0 Å². The molecule has 0 N–H and O–H groups in total. The third-order valence-corrected chi connectivity index (χ3v) is 14.7. The first-order chi connectivity index (χ1) is 35.2. The van der Waals surface area contributed by atoms with Gasteiger partial charge in [-0.1, -0.05) is 72.0 Å². The Morgan fingerprint density at radius 3 is 1.43 bits per heavy atom. The zero-order valence-corrected chi connectivity index (χ0v) is 45.4. The van der Waals surface area contributed by atoms with Gasteiger partial charge in [-0.3, -0.25) is 0 Å². The highest BCUT2D eigenvalue weighted by molar-refractivity contribution is 9.09. The summed E-state index contributed by atoms with van der Waals surface area (Å²) in [4.78, 5) is 2.78. The van der Waals surface area contributed by atoms with E-state index in [9.17, 15) is 0 Å². The van der Waals surface area contributed by atoms with Crippen molar-refractivity contribution in [3.05, 3.63) is 106 Å². The quantitative estimate of drug-likeness (QED) is 0.0166. The molecule has 6 atom stereocenters. The number of nitrogens with zero attached hydrogens (tertiary/aromatic N) is 3. The molecule has 0 saturated heterocycles. The summed E-state index contributed by atoms with van der Waals surface area (Å²) in [6, 6.07) is 12.3. The van der Waals surface area contributed by atoms with E-state index in [-0.39, 0.29) is 38.0 Å². The van der Waals surface area contributed by atoms with E-state index in [1.807, 2.05) is 24.3 Å². The van der Waals surface area contributed by atoms with Crippen LogP contribution in [0.25, 0.3) is 10.4 Å². The van der Waals surface area contributed by atoms with Crippen LogP contribution < -0.4 is 18.9 Å². The lowest BCUT2D eigenvalue weighted by Crippen LogP contribution is -2.42. The van der Waals surface area contributed by atoms with E-state index in [0.717, 1.165) is 137 Å². The Balaban J connectivity index is 0.000000268. The summed E-state index contributed by atoms with van der Waals surface area (Å²) in [5.74, 6) is 6.46. The second kappa shape index (κ2) is 32.8. The lowest BCUT2D eigenvalue weighted by Gasteiger charge is -2.47. The molecule has 2 aliphatic heterocycles. The second-order valence-corrected chi connectivity index (χ2v) is 20.0. The molecule has 4 aliphatic rings. The lowest BCUT2D eigenvalue weighted by atomic mass is 9.61. The molecule has 0 bridgehead atoms. The number of hydrogen-bond donors (Lipinski definition) is 0. The first-order valence-electron chi connectivity index (χ1n) is 25.7. The number of alkyl halides is 1. The van der Waals surface area contributed by atoms with Crippen LogP contribution in [0, 0.1) is 22.7 Å². The third kappa shape index (κ3) is 18.0. The first kappa shape index (κ1) is 58.6. The average molecular weight is 1070 g/mol. The largest absolute Gasteiger partial charge is 0.493 e. The molecule has 15 nitrogen and oxygen atoms in total. The molecular weight excluding hydrogens is 987 g/mol. The van der Waals surface area contributed by atoms with Crippen molar-refractivity contribution >= 4 is 15.9 Å². The van der Waals surface area contributed by atoms with Crippen molar-refractivity contribution in [1.82, 2.24) is 0 Å². The predicted octanol–water partition coefficient (Wildman–Crippen LogP) is 13.1. The van der Waals surface area contributed by atoms with Gasteiger partial charge >= 0.3 is 0 Å². The highest BCUT2D eigenvalue weighted by Crippen LogP contribution is 2.55. The number of halogens is 1. The van der Waals surface area contributed by atoms with Crippen molar-refractivity contribution < 1.29 is 56.8 Å². The predicted molar refractivity (Wildman–Crippen MR) is 283 cm³/mol. The van der Waals surface area contributed by atoms with Gasteiger partial charge in [-0.15, -0.1) is 0 Å². The summed E-state index contributed by atoms with van der Waals surface area (Å²) in [7, 11) is 6.50. The topological polar surface area (TPSA) is 160 Å². The molecule has 0 radical (unpaired) electrons. The first-order valence-corrected chi connectivity index (χ1v) is 26.9. The number of allylic oxidation sites excluding steroid dienone is 6. The molecule has 400 valence electrons. The number of ether oxygens (including phenoxy) is 12. The van der Waals surface area contributed by atoms with Gasteiger partial charge in [-0.05, 0) is 141 Å². The summed E-state index contributed by atoms with van der Waals surface area (Å²) in [5.41, 5.74) is 10.7. The van der Waals surface area contributed by atoms with E-state index in [4.69, 9.17) is 62.4 Å². The van der Waals surface area contributed by atoms with Crippen LogP contribution in [0.1, 0.15) is 114 Å². The number of rotatable bonds is 33. The van der Waals surface area contributed by atoms with Gasteiger partial charge in [0.15, 0.2) is 27.2 Å². The Bertz CT molecular complexity index is 2060. The fourth-order valence-corrected chi connectivity index (χ4v) is 10.5. The lowest BCUT2D eigenvalue weighted by molar-refractivity contribution is 0.00752. The Hall–Kier alpha value is -4.25. The minimum Gasteiger partial charge on any atom is -0.493 e. The van der Waals surface area contributed by atoms with Gasteiger partial charge in [0, 0.05) is 94.6 Å². The van der Waals surface area contributed by atoms with Crippen LogP contribution in [-0.2, 0) is 37.9 Å². The molecule has 72 heavy (non-hydrogen) atoms. The SMILES string of the molecule is COCOC1=CCC([C@@]2(C)COc3cc(OCOC)ccc3[C@H]2CCCCOCCCCBr)C=C1.COCOC1=CCC([C@@]2(C)COc3cc(OCOC)ccc3[C@H]2CCCCOCCCCN=[N+]=[N-])C=C1. The molecule has 2 aliphatic carbocycles. The molecule has 16 heteroatoms. The van der Waals surface area contributed by atoms with E-state index in [1.54, 1.807) is 28.4 Å². The van der Waals surface area contributed by atoms with Crippen molar-refractivity contribution in [3.8, 4) is 23.0 Å². The highest BCUT2D eigenvalue weighted by atomic mass is 79.9. The van der Waals surface area contributed by atoms with Gasteiger partial charge in [0.25, 0.3) is 0 Å². The number of hydrogen-bond acceptors (Lipinski definition) is 13. The van der Waals surface area contributed by atoms with Gasteiger partial charge in [0.2, 0.25) is 0 Å². The summed E-state index contributed by atoms with van der Waals surface area (Å²) in [6.45, 7) is 10.6. The van der Waals surface area contributed by atoms with Gasteiger partial charge < -0.3 is 56.8 Å². The fourth-order valence-electron chi connectivity index (χ4n) is 10.1. The Morgan fingerprint density at radius 1 is 0.597 bits per heavy atom. The smallest absolute Gasteiger partial charge is 0.188 e. The van der Waals surface area contributed by atoms with Crippen LogP contribution in [0.2, 0.25) is 0 Å². The molecule has 0 aromatic heterocycles. The number of methoxy groups -OCH3 is 4. The monoisotopic (exact) mass is 1070 g/mol. The van der Waals surface area contributed by atoms with Crippen LogP contribution in [0.5, 0.6) is 23.0 Å². The van der Waals surface area contributed by atoms with Gasteiger partial charge in [0.1, 0.15) is 34.5 Å². The minimum atomic E-state index is -0.0657. The maximum Gasteiger partial charge on any atom is 0.188 e. The Kier molecular flexibility index (Phi) is 26.7. The average Bonchev–Trinajstić information content (AvgIpc) is 3.41. The zero-order chi connectivity index (χ0) is 51.3. The maximum absolute atomic E-state index is 8.34. The Morgan fingerprint density at radius 2 is 1.03 bits per heavy atom. The number of fused-ring (bicyclic) bond motifs is 2. The van der Waals surface area contributed by atoms with Crippen LogP contribution in [0.3, 0.4) is 0 Å². The summed E-state index contributed by atoms with van der Waals surface area (Å²) in [6.07, 6.45) is 25.3. The Labute approximate surface area is 437 Å². The van der Waals surface area contributed by atoms with Gasteiger partial charge in [-0.2, -0.15) is 0 Å². The second-order valence-electron chi connectivity index (χ2n) is 19.2. The fraction of sp³-hybridized carbons (Fsp3) is 0.643. The van der Waals surface area contributed by atoms with Gasteiger partial charge in [-0.25, -0.2) is 0 Å². The van der Waals surface area contributed by atoms with Crippen LogP contribution in [0.15, 0.2) is 89.5 Å². The maximum atomic E-state index is 8.34. The van der Waals surface area contributed by atoms with Crippen LogP contribution in [-0.4, -0.2) is 107 Å². The van der Waals surface area contributed by atoms with Gasteiger partial charge in [0.05, 0.1) is 13.2 Å². The van der Waals surface area contributed by atoms with Crippen molar-refractivity contribution in [2.24, 2.45) is 27.8 Å². The number of unbranched alkanes of at least 4 members (excludes halogenated alkanes) is 4. The summed E-state index contributed by atoms with van der Waals surface area (Å²) in [5, 5.41) is 4.60. The van der Waals surface area contributed by atoms with Crippen molar-refractivity contribution in [2.75, 3.05) is 107 Å². The molecule has 0 amide bonds. The molecular formula is C56H82BrN3O12. The number of azide groups is 1. The molecule has 2 aromatic rings. The summed E-state index contributed by atoms with van der Waals surface area (Å²) >= 11 is 3.47. The van der Waals surface area contributed by atoms with E-state index >= 15 is 0 Å². The molecule has 0 saturated carbocycles. The van der Waals surface area contributed by atoms with Crippen molar-refractivity contribution in [3.63, 3.8) is 0 Å². The van der Waals surface area contributed by atoms with Crippen LogP contribution in [0.4, 0.5) is 0 Å².